The number of hydrogen-bond acceptors (Lipinski definition) is 2. The molecule has 0 aromatic heterocycles. The monoisotopic (exact) mass is 197 g/mol. The number of carboxylic acids is 1. The molecule has 4 nitrogen and oxygen atoms in total. The molecule has 0 saturated heterocycles. The summed E-state index contributed by atoms with van der Waals surface area (Å²) in [6.45, 7) is 1.69. The van der Waals surface area contributed by atoms with Crippen molar-refractivity contribution in [3.8, 4) is 0 Å². The van der Waals surface area contributed by atoms with Gasteiger partial charge in [0, 0.05) is 6.42 Å². The quantitative estimate of drug-likeness (QED) is 0.626. The van der Waals surface area contributed by atoms with Gasteiger partial charge in [-0.2, -0.15) is 0 Å². The van der Waals surface area contributed by atoms with E-state index < -0.39 is 5.97 Å². The van der Waals surface area contributed by atoms with Crippen molar-refractivity contribution in [2.75, 3.05) is 6.54 Å². The van der Waals surface area contributed by atoms with Crippen LogP contribution in [0.25, 0.3) is 0 Å². The van der Waals surface area contributed by atoms with Crippen molar-refractivity contribution < 1.29 is 14.7 Å². The Hall–Kier alpha value is -1.54. The van der Waals surface area contributed by atoms with Gasteiger partial charge in [-0.3, -0.25) is 9.59 Å². The second-order valence-electron chi connectivity index (χ2n) is 2.69. The van der Waals surface area contributed by atoms with Gasteiger partial charge in [-0.05, 0) is 25.0 Å². The average Bonchev–Trinajstić information content (AvgIpc) is 2.14. The van der Waals surface area contributed by atoms with Gasteiger partial charge in [-0.15, -0.1) is 5.73 Å². The van der Waals surface area contributed by atoms with E-state index in [9.17, 15) is 9.59 Å². The molecular formula is C10H15NO3. The van der Waals surface area contributed by atoms with Crippen LogP contribution in [0.2, 0.25) is 0 Å². The maximum atomic E-state index is 10.9. The zero-order chi connectivity index (χ0) is 10.8. The van der Waals surface area contributed by atoms with E-state index in [1.807, 2.05) is 13.0 Å². The fourth-order valence-corrected chi connectivity index (χ4v) is 0.750. The van der Waals surface area contributed by atoms with Crippen LogP contribution in [-0.2, 0) is 9.59 Å². The Morgan fingerprint density at radius 3 is 2.71 bits per heavy atom. The third-order valence-corrected chi connectivity index (χ3v) is 1.39. The summed E-state index contributed by atoms with van der Waals surface area (Å²) in [5.41, 5.74) is 2.91. The molecule has 0 spiro atoms. The minimum Gasteiger partial charge on any atom is -0.480 e. The highest BCUT2D eigenvalue weighted by Crippen LogP contribution is 1.89. The second-order valence-corrected chi connectivity index (χ2v) is 2.69. The number of carbonyl (C=O) groups excluding carboxylic acids is 1. The molecular weight excluding hydrogens is 182 g/mol. The first-order chi connectivity index (χ1) is 6.66. The number of allylic oxidation sites excluding steroid dienone is 1. The molecule has 0 aliphatic rings. The molecule has 4 heteroatoms. The van der Waals surface area contributed by atoms with Crippen molar-refractivity contribution in [2.45, 2.75) is 26.2 Å². The first-order valence-corrected chi connectivity index (χ1v) is 4.54. The Labute approximate surface area is 83.3 Å². The van der Waals surface area contributed by atoms with Gasteiger partial charge in [0.25, 0.3) is 0 Å². The summed E-state index contributed by atoms with van der Waals surface area (Å²) in [4.78, 5) is 21.0. The fraction of sp³-hybridized carbons (Fsp3) is 0.500. The van der Waals surface area contributed by atoms with Crippen LogP contribution >= 0.6 is 0 Å². The van der Waals surface area contributed by atoms with Gasteiger partial charge in [0.1, 0.15) is 6.54 Å². The largest absolute Gasteiger partial charge is 0.480 e. The van der Waals surface area contributed by atoms with E-state index in [4.69, 9.17) is 5.11 Å². The van der Waals surface area contributed by atoms with E-state index in [-0.39, 0.29) is 12.5 Å². The number of hydrogen-bond donors (Lipinski definition) is 2. The lowest BCUT2D eigenvalue weighted by Gasteiger charge is -1.98. The predicted octanol–water partition coefficient (Wildman–Crippen LogP) is 1.09. The van der Waals surface area contributed by atoms with E-state index in [0.29, 0.717) is 12.8 Å². The number of rotatable bonds is 6. The van der Waals surface area contributed by atoms with Crippen molar-refractivity contribution in [1.29, 1.82) is 0 Å². The highest BCUT2D eigenvalue weighted by atomic mass is 16.4. The van der Waals surface area contributed by atoms with Crippen LogP contribution in [0, 0.1) is 0 Å². The molecule has 0 atom stereocenters. The van der Waals surface area contributed by atoms with Crippen molar-refractivity contribution in [2.24, 2.45) is 0 Å². The van der Waals surface area contributed by atoms with E-state index in [1.165, 1.54) is 0 Å². The van der Waals surface area contributed by atoms with Gasteiger partial charge < -0.3 is 10.4 Å². The molecule has 14 heavy (non-hydrogen) atoms. The number of nitrogens with one attached hydrogen (secondary N) is 1. The molecule has 1 amide bonds. The summed E-state index contributed by atoms with van der Waals surface area (Å²) in [5.74, 6) is -1.28. The maximum absolute atomic E-state index is 10.9. The molecule has 0 fully saturated rings. The van der Waals surface area contributed by atoms with Crippen molar-refractivity contribution in [1.82, 2.24) is 5.32 Å². The average molecular weight is 197 g/mol. The molecule has 0 radical (unpaired) electrons. The summed E-state index contributed by atoms with van der Waals surface area (Å²) in [5, 5.41) is 10.5. The first kappa shape index (κ1) is 12.5. The summed E-state index contributed by atoms with van der Waals surface area (Å²) < 4.78 is 0. The van der Waals surface area contributed by atoms with Crippen LogP contribution in [-0.4, -0.2) is 23.5 Å². The molecule has 0 heterocycles. The molecule has 2 N–H and O–H groups in total. The standard InChI is InChI=1S/C10H15NO3/c1-2-3-4-5-6-7-9(12)11-8-10(13)14/h3,5H,2,6-8H2,1H3,(H,11,12)(H,13,14). The number of carboxylic acid groups (broad SMARTS) is 1. The Bertz CT molecular complexity index is 252. The molecule has 0 bridgehead atoms. The summed E-state index contributed by atoms with van der Waals surface area (Å²) in [6.07, 6.45) is 5.44. The lowest BCUT2D eigenvalue weighted by Crippen LogP contribution is -2.28. The lowest BCUT2D eigenvalue weighted by atomic mass is 10.3. The van der Waals surface area contributed by atoms with Gasteiger partial charge >= 0.3 is 5.97 Å². The Kier molecular flexibility index (Phi) is 7.19. The van der Waals surface area contributed by atoms with Crippen molar-refractivity contribution in [3.05, 3.63) is 17.9 Å². The van der Waals surface area contributed by atoms with Gasteiger partial charge in [0.05, 0.1) is 0 Å². The minimum absolute atomic E-state index is 0.248. The van der Waals surface area contributed by atoms with E-state index in [2.05, 4.69) is 11.0 Å². The van der Waals surface area contributed by atoms with Crippen LogP contribution in [0.15, 0.2) is 17.9 Å². The zero-order valence-electron chi connectivity index (χ0n) is 8.25. The molecule has 0 unspecified atom stereocenters. The Morgan fingerprint density at radius 1 is 1.43 bits per heavy atom. The van der Waals surface area contributed by atoms with Gasteiger partial charge in [-0.1, -0.05) is 6.92 Å². The third-order valence-electron chi connectivity index (χ3n) is 1.39. The molecule has 0 aliphatic heterocycles. The molecule has 0 saturated carbocycles. The number of amides is 1. The summed E-state index contributed by atoms with van der Waals surface area (Å²) in [6, 6.07) is 0. The van der Waals surface area contributed by atoms with Crippen LogP contribution in [0.4, 0.5) is 0 Å². The van der Waals surface area contributed by atoms with E-state index in [0.717, 1.165) is 6.42 Å². The molecule has 78 valence electrons. The normalized spacial score (nSPS) is 8.64. The maximum Gasteiger partial charge on any atom is 0.322 e. The van der Waals surface area contributed by atoms with Gasteiger partial charge in [0.2, 0.25) is 5.91 Å². The van der Waals surface area contributed by atoms with Crippen LogP contribution in [0.1, 0.15) is 26.2 Å². The Balaban J connectivity index is 3.54. The minimum atomic E-state index is -1.03. The van der Waals surface area contributed by atoms with Crippen LogP contribution in [0.5, 0.6) is 0 Å². The molecule has 0 rings (SSSR count). The Morgan fingerprint density at radius 2 is 2.14 bits per heavy atom. The fourth-order valence-electron chi connectivity index (χ4n) is 0.750. The SMILES string of the molecule is CCC=C=CCCC(=O)NCC(=O)O. The van der Waals surface area contributed by atoms with Crippen molar-refractivity contribution in [3.63, 3.8) is 0 Å². The van der Waals surface area contributed by atoms with E-state index in [1.54, 1.807) is 6.08 Å². The highest BCUT2D eigenvalue weighted by molar-refractivity contribution is 5.81. The highest BCUT2D eigenvalue weighted by Gasteiger charge is 2.01. The van der Waals surface area contributed by atoms with Crippen molar-refractivity contribution >= 4 is 11.9 Å². The van der Waals surface area contributed by atoms with Crippen LogP contribution in [0.3, 0.4) is 0 Å². The zero-order valence-corrected chi connectivity index (χ0v) is 8.25. The predicted molar refractivity (Wildman–Crippen MR) is 52.8 cm³/mol. The van der Waals surface area contributed by atoms with Crippen LogP contribution < -0.4 is 5.32 Å². The first-order valence-electron chi connectivity index (χ1n) is 4.54. The lowest BCUT2D eigenvalue weighted by molar-refractivity contribution is -0.137. The molecule has 0 aliphatic carbocycles. The molecule has 0 aromatic carbocycles. The third kappa shape index (κ3) is 8.56. The smallest absolute Gasteiger partial charge is 0.322 e. The van der Waals surface area contributed by atoms with E-state index >= 15 is 0 Å². The summed E-state index contributed by atoms with van der Waals surface area (Å²) >= 11 is 0. The number of carbonyl (C=O) groups is 2. The topological polar surface area (TPSA) is 66.4 Å². The van der Waals surface area contributed by atoms with Gasteiger partial charge in [0.15, 0.2) is 0 Å². The summed E-state index contributed by atoms with van der Waals surface area (Å²) in [7, 11) is 0. The van der Waals surface area contributed by atoms with Gasteiger partial charge in [-0.25, -0.2) is 0 Å². The number of aliphatic carboxylic acids is 1. The molecule has 0 aromatic rings. The second kappa shape index (κ2) is 8.08.